The maximum absolute atomic E-state index is 12.3. The molecule has 2 heterocycles. The van der Waals surface area contributed by atoms with Crippen LogP contribution >= 0.6 is 11.3 Å². The Balaban J connectivity index is 2.00. The van der Waals surface area contributed by atoms with Gasteiger partial charge in [-0.2, -0.15) is 0 Å². The van der Waals surface area contributed by atoms with Crippen molar-refractivity contribution in [1.82, 2.24) is 4.90 Å². The molecule has 20 heavy (non-hydrogen) atoms. The molecule has 2 N–H and O–H groups in total. The second kappa shape index (κ2) is 6.50. The number of piperidine rings is 1. The van der Waals surface area contributed by atoms with E-state index in [1.165, 1.54) is 4.88 Å². The lowest BCUT2D eigenvalue weighted by Crippen LogP contribution is -2.47. The van der Waals surface area contributed by atoms with E-state index in [0.717, 1.165) is 24.1 Å². The molecule has 1 saturated heterocycles. The van der Waals surface area contributed by atoms with E-state index in [1.807, 2.05) is 12.1 Å². The Morgan fingerprint density at radius 3 is 2.75 bits per heavy atom. The predicted molar refractivity (Wildman–Crippen MR) is 81.0 cm³/mol. The van der Waals surface area contributed by atoms with Gasteiger partial charge in [0.1, 0.15) is 0 Å². The van der Waals surface area contributed by atoms with Crippen molar-refractivity contribution >= 4 is 23.0 Å². The number of nitrogens with two attached hydrogens (primary N) is 1. The first kappa shape index (κ1) is 15.2. The van der Waals surface area contributed by atoms with Gasteiger partial charge in [-0.25, -0.2) is 0 Å². The van der Waals surface area contributed by atoms with Crippen molar-refractivity contribution in [3.63, 3.8) is 0 Å². The highest BCUT2D eigenvalue weighted by Crippen LogP contribution is 2.23. The predicted octanol–water partition coefficient (Wildman–Crippen LogP) is 2.08. The van der Waals surface area contributed by atoms with Crippen LogP contribution in [0, 0.1) is 5.92 Å². The third kappa shape index (κ3) is 3.46. The SMILES string of the molecule is CCc1ccc(C(=O)CN2CC(C(N)=O)CCC2C)s1. The van der Waals surface area contributed by atoms with Gasteiger partial charge in [-0.3, -0.25) is 14.5 Å². The number of aryl methyl sites for hydroxylation is 1. The molecule has 0 spiro atoms. The molecule has 1 amide bonds. The van der Waals surface area contributed by atoms with Crippen molar-refractivity contribution in [2.24, 2.45) is 11.7 Å². The summed E-state index contributed by atoms with van der Waals surface area (Å²) < 4.78 is 0. The summed E-state index contributed by atoms with van der Waals surface area (Å²) in [4.78, 5) is 27.8. The Morgan fingerprint density at radius 2 is 2.15 bits per heavy atom. The highest BCUT2D eigenvalue weighted by molar-refractivity contribution is 7.14. The molecule has 2 atom stereocenters. The second-order valence-electron chi connectivity index (χ2n) is 5.50. The van der Waals surface area contributed by atoms with E-state index in [1.54, 1.807) is 11.3 Å². The molecule has 0 aromatic carbocycles. The molecule has 0 bridgehead atoms. The third-order valence-electron chi connectivity index (χ3n) is 4.05. The minimum atomic E-state index is -0.251. The van der Waals surface area contributed by atoms with Crippen LogP contribution in [-0.2, 0) is 11.2 Å². The van der Waals surface area contributed by atoms with Gasteiger partial charge in [0.2, 0.25) is 5.91 Å². The summed E-state index contributed by atoms with van der Waals surface area (Å²) in [7, 11) is 0. The van der Waals surface area contributed by atoms with Crippen molar-refractivity contribution in [2.45, 2.75) is 39.2 Å². The lowest BCUT2D eigenvalue weighted by atomic mass is 9.93. The summed E-state index contributed by atoms with van der Waals surface area (Å²) in [6.45, 7) is 5.18. The first-order valence-electron chi connectivity index (χ1n) is 7.16. The summed E-state index contributed by atoms with van der Waals surface area (Å²) in [5, 5.41) is 0. The zero-order chi connectivity index (χ0) is 14.7. The van der Waals surface area contributed by atoms with Gasteiger partial charge in [0, 0.05) is 17.5 Å². The van der Waals surface area contributed by atoms with Gasteiger partial charge in [-0.15, -0.1) is 11.3 Å². The molecular weight excluding hydrogens is 272 g/mol. The van der Waals surface area contributed by atoms with Crippen LogP contribution in [0.4, 0.5) is 0 Å². The average Bonchev–Trinajstić information content (AvgIpc) is 2.89. The fourth-order valence-electron chi connectivity index (χ4n) is 2.61. The quantitative estimate of drug-likeness (QED) is 0.846. The molecule has 110 valence electrons. The van der Waals surface area contributed by atoms with Crippen LogP contribution in [0.2, 0.25) is 0 Å². The van der Waals surface area contributed by atoms with Crippen LogP contribution in [0.3, 0.4) is 0 Å². The van der Waals surface area contributed by atoms with E-state index < -0.39 is 0 Å². The zero-order valence-electron chi connectivity index (χ0n) is 12.1. The maximum atomic E-state index is 12.3. The van der Waals surface area contributed by atoms with Crippen molar-refractivity contribution in [3.8, 4) is 0 Å². The molecule has 5 heteroatoms. The van der Waals surface area contributed by atoms with Crippen LogP contribution in [0.1, 0.15) is 41.2 Å². The second-order valence-corrected chi connectivity index (χ2v) is 6.67. The molecule has 0 saturated carbocycles. The van der Waals surface area contributed by atoms with Gasteiger partial charge in [-0.05, 0) is 38.3 Å². The molecule has 2 unspecified atom stereocenters. The standard InChI is InChI=1S/C15H22N2O2S/c1-3-12-6-7-14(20-12)13(18)9-17-8-11(15(16)19)5-4-10(17)2/h6-7,10-11H,3-5,8-9H2,1-2H3,(H2,16,19). The number of primary amides is 1. The van der Waals surface area contributed by atoms with E-state index in [2.05, 4.69) is 18.7 Å². The summed E-state index contributed by atoms with van der Waals surface area (Å²) in [6, 6.07) is 4.26. The van der Waals surface area contributed by atoms with Crippen LogP contribution in [0.25, 0.3) is 0 Å². The largest absolute Gasteiger partial charge is 0.369 e. The first-order chi connectivity index (χ1) is 9.51. The Hall–Kier alpha value is -1.20. The number of carbonyl (C=O) groups excluding carboxylic acids is 2. The molecule has 0 radical (unpaired) electrons. The fourth-order valence-corrected chi connectivity index (χ4v) is 3.49. The van der Waals surface area contributed by atoms with Gasteiger partial charge >= 0.3 is 0 Å². The number of thiophene rings is 1. The van der Waals surface area contributed by atoms with Crippen molar-refractivity contribution in [1.29, 1.82) is 0 Å². The van der Waals surface area contributed by atoms with Gasteiger partial charge in [0.25, 0.3) is 0 Å². The smallest absolute Gasteiger partial charge is 0.221 e. The van der Waals surface area contributed by atoms with Crippen LogP contribution in [-0.4, -0.2) is 35.7 Å². The van der Waals surface area contributed by atoms with Gasteiger partial charge in [-0.1, -0.05) is 6.92 Å². The molecule has 1 fully saturated rings. The number of rotatable bonds is 5. The maximum Gasteiger partial charge on any atom is 0.221 e. The van der Waals surface area contributed by atoms with Crippen LogP contribution in [0.5, 0.6) is 0 Å². The Kier molecular flexibility index (Phi) is 4.94. The molecule has 1 aliphatic heterocycles. The number of Topliss-reactive ketones (excluding diaryl/α,β-unsaturated/α-hetero) is 1. The minimum Gasteiger partial charge on any atom is -0.369 e. The van der Waals surface area contributed by atoms with E-state index in [9.17, 15) is 9.59 Å². The number of likely N-dealkylation sites (tertiary alicyclic amines) is 1. The van der Waals surface area contributed by atoms with Crippen LogP contribution in [0.15, 0.2) is 12.1 Å². The topological polar surface area (TPSA) is 63.4 Å². The van der Waals surface area contributed by atoms with Gasteiger partial charge < -0.3 is 5.73 Å². The zero-order valence-corrected chi connectivity index (χ0v) is 12.9. The Bertz CT molecular complexity index is 498. The number of hydrogen-bond acceptors (Lipinski definition) is 4. The molecule has 1 aromatic rings. The average molecular weight is 294 g/mol. The van der Waals surface area contributed by atoms with Crippen LogP contribution < -0.4 is 5.73 Å². The highest BCUT2D eigenvalue weighted by Gasteiger charge is 2.30. The number of ketones is 1. The molecule has 1 aliphatic rings. The van der Waals surface area contributed by atoms with Gasteiger partial charge in [0.15, 0.2) is 5.78 Å². The Morgan fingerprint density at radius 1 is 1.40 bits per heavy atom. The van der Waals surface area contributed by atoms with Crippen molar-refractivity contribution in [3.05, 3.63) is 21.9 Å². The number of carbonyl (C=O) groups is 2. The number of hydrogen-bond donors (Lipinski definition) is 1. The minimum absolute atomic E-state index is 0.117. The van der Waals surface area contributed by atoms with E-state index in [4.69, 9.17) is 5.73 Å². The summed E-state index contributed by atoms with van der Waals surface area (Å²) in [5.41, 5.74) is 5.39. The lowest BCUT2D eigenvalue weighted by molar-refractivity contribution is -0.123. The molecule has 2 rings (SSSR count). The van der Waals surface area contributed by atoms with E-state index in [0.29, 0.717) is 19.1 Å². The van der Waals surface area contributed by atoms with Crippen molar-refractivity contribution < 1.29 is 9.59 Å². The summed E-state index contributed by atoms with van der Waals surface area (Å²) in [6.07, 6.45) is 2.72. The molecular formula is C15H22N2O2S. The molecule has 0 aliphatic carbocycles. The van der Waals surface area contributed by atoms with E-state index >= 15 is 0 Å². The molecule has 1 aromatic heterocycles. The van der Waals surface area contributed by atoms with E-state index in [-0.39, 0.29) is 17.6 Å². The Labute approximate surface area is 124 Å². The lowest BCUT2D eigenvalue weighted by Gasteiger charge is -2.36. The van der Waals surface area contributed by atoms with Crippen molar-refractivity contribution in [2.75, 3.05) is 13.1 Å². The number of nitrogens with zero attached hydrogens (tertiary/aromatic N) is 1. The fraction of sp³-hybridized carbons (Fsp3) is 0.600. The summed E-state index contributed by atoms with van der Waals surface area (Å²) >= 11 is 1.57. The van der Waals surface area contributed by atoms with Gasteiger partial charge in [0.05, 0.1) is 17.3 Å². The highest BCUT2D eigenvalue weighted by atomic mass is 32.1. The number of amides is 1. The summed E-state index contributed by atoms with van der Waals surface area (Å²) in [5.74, 6) is -0.223. The molecule has 4 nitrogen and oxygen atoms in total. The normalized spacial score (nSPS) is 23.7. The monoisotopic (exact) mass is 294 g/mol. The third-order valence-corrected chi connectivity index (χ3v) is 5.32. The first-order valence-corrected chi connectivity index (χ1v) is 7.98.